The summed E-state index contributed by atoms with van der Waals surface area (Å²) >= 11 is 0. The van der Waals surface area contributed by atoms with Gasteiger partial charge in [-0.2, -0.15) is 0 Å². The van der Waals surface area contributed by atoms with Crippen LogP contribution in [0.5, 0.6) is 0 Å². The van der Waals surface area contributed by atoms with Gasteiger partial charge in [-0.25, -0.2) is 14.2 Å². The van der Waals surface area contributed by atoms with E-state index in [-0.39, 0.29) is 23.9 Å². The highest BCUT2D eigenvalue weighted by Gasteiger charge is 2.29. The minimum absolute atomic E-state index is 0.120. The van der Waals surface area contributed by atoms with Crippen LogP contribution in [-0.4, -0.2) is 24.2 Å². The van der Waals surface area contributed by atoms with Gasteiger partial charge >= 0.3 is 6.03 Å². The number of hydrogen-bond acceptors (Lipinski definition) is 3. The summed E-state index contributed by atoms with van der Waals surface area (Å²) in [5.74, 6) is 0.397. The molecule has 2 aromatic rings. The van der Waals surface area contributed by atoms with E-state index >= 15 is 0 Å². The van der Waals surface area contributed by atoms with Crippen LogP contribution in [0.25, 0.3) is 0 Å². The lowest BCUT2D eigenvalue weighted by molar-refractivity contribution is 0.0911. The number of rotatable bonds is 4. The molecule has 2 N–H and O–H groups in total. The molecular formula is C17H18FN3O2. The first-order valence-electron chi connectivity index (χ1n) is 7.55. The van der Waals surface area contributed by atoms with Crippen LogP contribution in [0.4, 0.5) is 15.0 Å². The molecule has 120 valence electrons. The van der Waals surface area contributed by atoms with Crippen molar-refractivity contribution in [3.63, 3.8) is 0 Å². The Labute approximate surface area is 133 Å². The minimum atomic E-state index is -0.298. The molecule has 2 heterocycles. The summed E-state index contributed by atoms with van der Waals surface area (Å²) in [6, 6.07) is 11.3. The number of urea groups is 1. The number of pyridine rings is 1. The second kappa shape index (κ2) is 7.19. The maximum Gasteiger partial charge on any atom is 0.320 e. The number of nitrogens with zero attached hydrogens (tertiary/aromatic N) is 1. The Morgan fingerprint density at radius 2 is 2.09 bits per heavy atom. The van der Waals surface area contributed by atoms with Crippen molar-refractivity contribution in [2.24, 2.45) is 5.92 Å². The average Bonchev–Trinajstić information content (AvgIpc) is 3.03. The first-order chi connectivity index (χ1) is 11.2. The quantitative estimate of drug-likeness (QED) is 0.911. The first-order valence-corrected chi connectivity index (χ1v) is 7.55. The molecule has 6 heteroatoms. The van der Waals surface area contributed by atoms with Gasteiger partial charge in [-0.1, -0.05) is 18.2 Å². The maximum atomic E-state index is 13.0. The highest BCUT2D eigenvalue weighted by Crippen LogP contribution is 2.34. The van der Waals surface area contributed by atoms with Gasteiger partial charge in [0.1, 0.15) is 11.6 Å². The van der Waals surface area contributed by atoms with E-state index in [9.17, 15) is 9.18 Å². The molecule has 0 spiro atoms. The van der Waals surface area contributed by atoms with E-state index in [1.54, 1.807) is 36.5 Å². The molecular weight excluding hydrogens is 297 g/mol. The maximum absolute atomic E-state index is 13.0. The summed E-state index contributed by atoms with van der Waals surface area (Å²) in [5, 5.41) is 5.52. The molecule has 0 bridgehead atoms. The number of amides is 2. The fourth-order valence-electron chi connectivity index (χ4n) is 2.68. The zero-order valence-electron chi connectivity index (χ0n) is 12.5. The van der Waals surface area contributed by atoms with Gasteiger partial charge in [-0.3, -0.25) is 5.32 Å². The average molecular weight is 315 g/mol. The van der Waals surface area contributed by atoms with Gasteiger partial charge in [0.15, 0.2) is 0 Å². The molecule has 0 radical (unpaired) electrons. The third-order valence-corrected chi connectivity index (χ3v) is 3.84. The Bertz CT molecular complexity index is 649. The van der Waals surface area contributed by atoms with E-state index in [0.29, 0.717) is 19.0 Å². The Hall–Kier alpha value is -2.47. The molecule has 0 unspecified atom stereocenters. The summed E-state index contributed by atoms with van der Waals surface area (Å²) in [6.45, 7) is 1.12. The van der Waals surface area contributed by atoms with Gasteiger partial charge in [0.05, 0.1) is 6.10 Å². The molecule has 0 saturated carbocycles. The number of aromatic nitrogens is 1. The van der Waals surface area contributed by atoms with Crippen LogP contribution in [-0.2, 0) is 4.74 Å². The number of carbonyl (C=O) groups is 1. The van der Waals surface area contributed by atoms with Crippen LogP contribution in [0.3, 0.4) is 0 Å². The molecule has 1 aromatic carbocycles. The van der Waals surface area contributed by atoms with Crippen molar-refractivity contribution < 1.29 is 13.9 Å². The third-order valence-electron chi connectivity index (χ3n) is 3.84. The smallest absolute Gasteiger partial charge is 0.320 e. The van der Waals surface area contributed by atoms with Gasteiger partial charge in [-0.05, 0) is 36.2 Å². The molecule has 1 fully saturated rings. The molecule has 5 nitrogen and oxygen atoms in total. The van der Waals surface area contributed by atoms with Crippen LogP contribution in [0.15, 0.2) is 48.7 Å². The molecule has 23 heavy (non-hydrogen) atoms. The summed E-state index contributed by atoms with van der Waals surface area (Å²) < 4.78 is 18.8. The molecule has 1 saturated heterocycles. The third kappa shape index (κ3) is 4.04. The van der Waals surface area contributed by atoms with Crippen molar-refractivity contribution >= 4 is 11.8 Å². The van der Waals surface area contributed by atoms with Crippen LogP contribution >= 0.6 is 0 Å². The van der Waals surface area contributed by atoms with Crippen molar-refractivity contribution in [3.8, 4) is 0 Å². The van der Waals surface area contributed by atoms with Crippen LogP contribution in [0.1, 0.15) is 18.1 Å². The Morgan fingerprint density at radius 3 is 2.83 bits per heavy atom. The largest absolute Gasteiger partial charge is 0.373 e. The van der Waals surface area contributed by atoms with E-state index in [0.717, 1.165) is 12.0 Å². The lowest BCUT2D eigenvalue weighted by atomic mass is 9.95. The lowest BCUT2D eigenvalue weighted by Gasteiger charge is -2.19. The van der Waals surface area contributed by atoms with Gasteiger partial charge in [-0.15, -0.1) is 0 Å². The standard InChI is InChI=1S/C17H18FN3O2/c18-14-6-4-12(5-7-14)16-13(8-10-23-16)11-20-17(22)21-15-3-1-2-9-19-15/h1-7,9,13,16H,8,10-11H2,(H2,19,20,21,22)/t13-,16-/m0/s1. The minimum Gasteiger partial charge on any atom is -0.373 e. The number of ether oxygens (including phenoxy) is 1. The molecule has 3 rings (SSSR count). The predicted octanol–water partition coefficient (Wildman–Crippen LogP) is 3.12. The van der Waals surface area contributed by atoms with Crippen LogP contribution < -0.4 is 10.6 Å². The fourth-order valence-corrected chi connectivity index (χ4v) is 2.68. The monoisotopic (exact) mass is 315 g/mol. The normalized spacial score (nSPS) is 20.2. The topological polar surface area (TPSA) is 63.2 Å². The van der Waals surface area contributed by atoms with Crippen molar-refractivity contribution in [1.29, 1.82) is 0 Å². The first kappa shape index (κ1) is 15.4. The highest BCUT2D eigenvalue weighted by atomic mass is 19.1. The van der Waals surface area contributed by atoms with Gasteiger partial charge < -0.3 is 10.1 Å². The second-order valence-corrected chi connectivity index (χ2v) is 5.44. The molecule has 2 atom stereocenters. The number of nitrogens with one attached hydrogen (secondary N) is 2. The second-order valence-electron chi connectivity index (χ2n) is 5.44. The highest BCUT2D eigenvalue weighted by molar-refractivity contribution is 5.88. The summed E-state index contributed by atoms with van der Waals surface area (Å²) in [6.07, 6.45) is 2.35. The van der Waals surface area contributed by atoms with Crippen molar-refractivity contribution in [3.05, 3.63) is 60.0 Å². The molecule has 0 aliphatic carbocycles. The van der Waals surface area contributed by atoms with E-state index in [1.807, 2.05) is 0 Å². The summed E-state index contributed by atoms with van der Waals surface area (Å²) in [4.78, 5) is 15.9. The number of carbonyl (C=O) groups excluding carboxylic acids is 1. The zero-order valence-corrected chi connectivity index (χ0v) is 12.5. The van der Waals surface area contributed by atoms with E-state index in [1.165, 1.54) is 12.1 Å². The van der Waals surface area contributed by atoms with Crippen molar-refractivity contribution in [1.82, 2.24) is 10.3 Å². The van der Waals surface area contributed by atoms with Crippen molar-refractivity contribution in [2.75, 3.05) is 18.5 Å². The lowest BCUT2D eigenvalue weighted by Crippen LogP contribution is -2.34. The summed E-state index contributed by atoms with van der Waals surface area (Å²) in [5.41, 5.74) is 0.931. The fraction of sp³-hybridized carbons (Fsp3) is 0.294. The molecule has 1 aliphatic heterocycles. The number of benzene rings is 1. The van der Waals surface area contributed by atoms with E-state index in [4.69, 9.17) is 4.74 Å². The number of hydrogen-bond donors (Lipinski definition) is 2. The predicted molar refractivity (Wildman–Crippen MR) is 84.5 cm³/mol. The number of anilines is 1. The molecule has 1 aliphatic rings. The number of halogens is 1. The van der Waals surface area contributed by atoms with E-state index < -0.39 is 0 Å². The van der Waals surface area contributed by atoms with Crippen LogP contribution in [0, 0.1) is 11.7 Å². The van der Waals surface area contributed by atoms with Gasteiger partial charge in [0.25, 0.3) is 0 Å². The van der Waals surface area contributed by atoms with Crippen LogP contribution in [0.2, 0.25) is 0 Å². The van der Waals surface area contributed by atoms with Gasteiger partial charge in [0.2, 0.25) is 0 Å². The summed E-state index contributed by atoms with van der Waals surface area (Å²) in [7, 11) is 0. The van der Waals surface area contributed by atoms with Crippen molar-refractivity contribution in [2.45, 2.75) is 12.5 Å². The molecule has 2 amide bonds. The zero-order chi connectivity index (χ0) is 16.1. The van der Waals surface area contributed by atoms with E-state index in [2.05, 4.69) is 15.6 Å². The SMILES string of the molecule is O=C(NC[C@@H]1CCO[C@H]1c1ccc(F)cc1)Nc1ccccn1. The van der Waals surface area contributed by atoms with Gasteiger partial charge in [0, 0.05) is 25.3 Å². The molecule has 1 aromatic heterocycles. The Balaban J connectivity index is 1.54. The Morgan fingerprint density at radius 1 is 1.26 bits per heavy atom. The Kier molecular flexibility index (Phi) is 4.83.